The molecule has 0 spiro atoms. The molecule has 0 aliphatic rings. The number of aryl methyl sites for hydroxylation is 4. The van der Waals surface area contributed by atoms with Gasteiger partial charge < -0.3 is 0 Å². The van der Waals surface area contributed by atoms with Crippen molar-refractivity contribution >= 4 is 34.4 Å². The molecule has 0 atom stereocenters. The molecule has 0 fully saturated rings. The van der Waals surface area contributed by atoms with Gasteiger partial charge in [0.2, 0.25) is 0 Å². The van der Waals surface area contributed by atoms with Crippen molar-refractivity contribution in [1.82, 2.24) is 20.4 Å². The second-order valence-electron chi connectivity index (χ2n) is 4.52. The van der Waals surface area contributed by atoms with Gasteiger partial charge in [-0.3, -0.25) is 0 Å². The third kappa shape index (κ3) is 5.46. The fourth-order valence-electron chi connectivity index (χ4n) is 1.68. The predicted octanol–water partition coefficient (Wildman–Crippen LogP) is 3.56. The summed E-state index contributed by atoms with van der Waals surface area (Å²) in [6, 6.07) is 0. The lowest BCUT2D eigenvalue weighted by atomic mass is 10.3. The zero-order valence-corrected chi connectivity index (χ0v) is 14.4. The van der Waals surface area contributed by atoms with E-state index in [1.807, 2.05) is 18.7 Å². The minimum Gasteiger partial charge on any atom is -0.161 e. The molecule has 2 rings (SSSR count). The van der Waals surface area contributed by atoms with Crippen LogP contribution in [0.15, 0.2) is 0 Å². The number of thioether (sulfide) groups is 1. The van der Waals surface area contributed by atoms with Gasteiger partial charge in [0.05, 0.1) is 0 Å². The van der Waals surface area contributed by atoms with Crippen molar-refractivity contribution in [3.05, 3.63) is 20.0 Å². The zero-order chi connectivity index (χ0) is 14.2. The van der Waals surface area contributed by atoms with Gasteiger partial charge >= 0.3 is 0 Å². The van der Waals surface area contributed by atoms with Gasteiger partial charge in [0.15, 0.2) is 0 Å². The maximum Gasteiger partial charge on any atom is 0.118 e. The third-order valence-corrected chi connectivity index (χ3v) is 5.67. The number of aromatic nitrogens is 4. The van der Waals surface area contributed by atoms with Crippen LogP contribution in [0.5, 0.6) is 0 Å². The Bertz CT molecular complexity index is 509. The topological polar surface area (TPSA) is 51.6 Å². The summed E-state index contributed by atoms with van der Waals surface area (Å²) in [5.74, 6) is 2.22. The minimum atomic E-state index is 1.02. The second kappa shape index (κ2) is 8.69. The Kier molecular flexibility index (Phi) is 6.89. The van der Waals surface area contributed by atoms with Gasteiger partial charge in [-0.2, -0.15) is 11.8 Å². The van der Waals surface area contributed by atoms with Crippen LogP contribution in [0, 0.1) is 6.92 Å². The highest BCUT2D eigenvalue weighted by molar-refractivity contribution is 7.99. The molecular formula is C13H20N4S3. The Morgan fingerprint density at radius 1 is 0.850 bits per heavy atom. The van der Waals surface area contributed by atoms with Crippen molar-refractivity contribution in [1.29, 1.82) is 0 Å². The second-order valence-corrected chi connectivity index (χ2v) is 8.16. The molecule has 20 heavy (non-hydrogen) atoms. The number of hydrogen-bond donors (Lipinski definition) is 0. The molecular weight excluding hydrogens is 308 g/mol. The first kappa shape index (κ1) is 15.9. The smallest absolute Gasteiger partial charge is 0.118 e. The predicted molar refractivity (Wildman–Crippen MR) is 87.9 cm³/mol. The van der Waals surface area contributed by atoms with Gasteiger partial charge in [0, 0.05) is 19.3 Å². The molecule has 0 aromatic carbocycles. The largest absolute Gasteiger partial charge is 0.161 e. The summed E-state index contributed by atoms with van der Waals surface area (Å²) in [5, 5.41) is 21.2. The molecule has 110 valence electrons. The summed E-state index contributed by atoms with van der Waals surface area (Å²) in [4.78, 5) is 0. The first-order valence-electron chi connectivity index (χ1n) is 6.96. The van der Waals surface area contributed by atoms with Gasteiger partial charge in [-0.05, 0) is 24.9 Å². The molecule has 0 aliphatic heterocycles. The van der Waals surface area contributed by atoms with Crippen molar-refractivity contribution in [2.75, 3.05) is 11.5 Å². The Balaban J connectivity index is 1.59. The van der Waals surface area contributed by atoms with E-state index < -0.39 is 0 Å². The molecule has 2 heterocycles. The highest BCUT2D eigenvalue weighted by Crippen LogP contribution is 2.16. The van der Waals surface area contributed by atoms with Gasteiger partial charge in [-0.15, -0.1) is 43.1 Å². The van der Waals surface area contributed by atoms with E-state index in [-0.39, 0.29) is 0 Å². The molecule has 0 saturated carbocycles. The summed E-state index contributed by atoms with van der Waals surface area (Å²) in [6.45, 7) is 4.21. The molecule has 2 aromatic heterocycles. The van der Waals surface area contributed by atoms with Crippen LogP contribution >= 0.6 is 34.4 Å². The molecule has 0 amide bonds. The quantitative estimate of drug-likeness (QED) is 0.659. The van der Waals surface area contributed by atoms with E-state index in [0.717, 1.165) is 40.8 Å². The van der Waals surface area contributed by atoms with E-state index >= 15 is 0 Å². The van der Waals surface area contributed by atoms with Crippen LogP contribution in [-0.2, 0) is 19.3 Å². The van der Waals surface area contributed by atoms with E-state index in [1.54, 1.807) is 22.7 Å². The monoisotopic (exact) mass is 328 g/mol. The molecule has 7 heteroatoms. The molecule has 0 radical (unpaired) electrons. The lowest BCUT2D eigenvalue weighted by Gasteiger charge is -1.97. The van der Waals surface area contributed by atoms with Crippen LogP contribution in [0.2, 0.25) is 0 Å². The van der Waals surface area contributed by atoms with Crippen molar-refractivity contribution < 1.29 is 0 Å². The maximum atomic E-state index is 4.26. The molecule has 0 N–H and O–H groups in total. The maximum absolute atomic E-state index is 4.26. The summed E-state index contributed by atoms with van der Waals surface area (Å²) in [7, 11) is 0. The Morgan fingerprint density at radius 2 is 1.45 bits per heavy atom. The third-order valence-electron chi connectivity index (χ3n) is 2.74. The molecule has 0 bridgehead atoms. The average Bonchev–Trinajstić information content (AvgIpc) is 3.05. The molecule has 0 aliphatic carbocycles. The van der Waals surface area contributed by atoms with Crippen molar-refractivity contribution in [3.8, 4) is 0 Å². The Hall–Kier alpha value is -0.530. The number of rotatable bonds is 9. The summed E-state index contributed by atoms with van der Waals surface area (Å²) >= 11 is 5.43. The Labute approximate surface area is 132 Å². The van der Waals surface area contributed by atoms with Crippen LogP contribution in [0.25, 0.3) is 0 Å². The lowest BCUT2D eigenvalue weighted by Crippen LogP contribution is -1.92. The van der Waals surface area contributed by atoms with E-state index in [1.165, 1.54) is 22.9 Å². The summed E-state index contributed by atoms with van der Waals surface area (Å²) in [5.41, 5.74) is 0. The summed E-state index contributed by atoms with van der Waals surface area (Å²) in [6.07, 6.45) is 5.57. The molecule has 0 saturated heterocycles. The van der Waals surface area contributed by atoms with E-state index in [9.17, 15) is 0 Å². The fourth-order valence-corrected chi connectivity index (χ4v) is 4.41. The molecule has 4 nitrogen and oxygen atoms in total. The normalized spacial score (nSPS) is 11.1. The van der Waals surface area contributed by atoms with Crippen LogP contribution in [0.4, 0.5) is 0 Å². The van der Waals surface area contributed by atoms with Crippen LogP contribution < -0.4 is 0 Å². The van der Waals surface area contributed by atoms with Gasteiger partial charge in [0.25, 0.3) is 0 Å². The number of nitrogens with zero attached hydrogens (tertiary/aromatic N) is 4. The average molecular weight is 329 g/mol. The van der Waals surface area contributed by atoms with Crippen molar-refractivity contribution in [2.45, 2.75) is 46.0 Å². The minimum absolute atomic E-state index is 1.02. The van der Waals surface area contributed by atoms with Crippen LogP contribution in [-0.4, -0.2) is 31.9 Å². The molecule has 0 unspecified atom stereocenters. The fraction of sp³-hybridized carbons (Fsp3) is 0.692. The first-order valence-corrected chi connectivity index (χ1v) is 9.74. The first-order chi connectivity index (χ1) is 9.78. The van der Waals surface area contributed by atoms with Crippen molar-refractivity contribution in [3.63, 3.8) is 0 Å². The van der Waals surface area contributed by atoms with Gasteiger partial charge in [-0.1, -0.05) is 13.3 Å². The number of unbranched alkanes of at least 4 members (excludes halogenated alkanes) is 1. The number of hydrogen-bond acceptors (Lipinski definition) is 7. The van der Waals surface area contributed by atoms with Crippen LogP contribution in [0.1, 0.15) is 39.8 Å². The lowest BCUT2D eigenvalue weighted by molar-refractivity contribution is 0.777. The van der Waals surface area contributed by atoms with Crippen molar-refractivity contribution in [2.24, 2.45) is 0 Å². The Morgan fingerprint density at radius 3 is 2.05 bits per heavy atom. The van der Waals surface area contributed by atoms with E-state index in [4.69, 9.17) is 0 Å². The van der Waals surface area contributed by atoms with E-state index in [0.29, 0.717) is 0 Å². The van der Waals surface area contributed by atoms with Crippen LogP contribution in [0.3, 0.4) is 0 Å². The van der Waals surface area contributed by atoms with Gasteiger partial charge in [-0.25, -0.2) is 0 Å². The highest BCUT2D eigenvalue weighted by Gasteiger charge is 2.04. The SMILES string of the molecule is CCCCc1nnc(CCSCCc2nnc(C)s2)s1. The summed E-state index contributed by atoms with van der Waals surface area (Å²) < 4.78 is 0. The standard InChI is InChI=1S/C13H20N4S3/c1-3-4-5-11-16-17-13(20-11)7-9-18-8-6-12-15-14-10(2)19-12/h3-9H2,1-2H3. The highest BCUT2D eigenvalue weighted by atomic mass is 32.2. The zero-order valence-electron chi connectivity index (χ0n) is 12.0. The van der Waals surface area contributed by atoms with E-state index in [2.05, 4.69) is 27.3 Å². The molecule has 2 aromatic rings. The van der Waals surface area contributed by atoms with Gasteiger partial charge in [0.1, 0.15) is 20.0 Å².